The van der Waals surface area contributed by atoms with Crippen molar-refractivity contribution in [3.05, 3.63) is 0 Å². The van der Waals surface area contributed by atoms with Crippen molar-refractivity contribution < 1.29 is 14.7 Å². The molecular weight excluding hydrogens is 314 g/mol. The summed E-state index contributed by atoms with van der Waals surface area (Å²) in [5.41, 5.74) is 0. The maximum atomic E-state index is 12.6. The van der Waals surface area contributed by atoms with E-state index >= 15 is 0 Å². The van der Waals surface area contributed by atoms with Gasteiger partial charge >= 0.3 is 0 Å². The van der Waals surface area contributed by atoms with Gasteiger partial charge < -0.3 is 14.9 Å². The monoisotopic (exact) mass is 341 g/mol. The van der Waals surface area contributed by atoms with Crippen LogP contribution in [0.4, 0.5) is 0 Å². The van der Waals surface area contributed by atoms with Crippen LogP contribution in [0.2, 0.25) is 0 Å². The van der Waals surface area contributed by atoms with Gasteiger partial charge in [0.25, 0.3) is 0 Å². The van der Waals surface area contributed by atoms with E-state index in [0.717, 1.165) is 37.3 Å². The molecule has 0 bridgehead atoms. The van der Waals surface area contributed by atoms with Crippen LogP contribution in [-0.2, 0) is 9.59 Å². The molecule has 1 atom stereocenters. The highest BCUT2D eigenvalue weighted by molar-refractivity contribution is 7.99. The molecule has 1 N–H and O–H groups in total. The fourth-order valence-electron chi connectivity index (χ4n) is 3.35. The van der Waals surface area contributed by atoms with Crippen molar-refractivity contribution >= 4 is 23.6 Å². The molecule has 0 radical (unpaired) electrons. The Morgan fingerprint density at radius 2 is 1.74 bits per heavy atom. The van der Waals surface area contributed by atoms with Crippen LogP contribution in [-0.4, -0.2) is 95.0 Å². The number of nitrogens with zero attached hydrogens (tertiary/aromatic N) is 3. The molecule has 7 heteroatoms. The van der Waals surface area contributed by atoms with Crippen molar-refractivity contribution in [2.45, 2.75) is 25.3 Å². The number of hydrogen-bond acceptors (Lipinski definition) is 5. The van der Waals surface area contributed by atoms with Gasteiger partial charge in [0.05, 0.1) is 6.54 Å². The Kier molecular flexibility index (Phi) is 5.82. The molecule has 2 aliphatic heterocycles. The Morgan fingerprint density at radius 3 is 2.39 bits per heavy atom. The summed E-state index contributed by atoms with van der Waals surface area (Å²) in [4.78, 5) is 30.6. The first-order chi connectivity index (χ1) is 11.2. The summed E-state index contributed by atoms with van der Waals surface area (Å²) < 4.78 is 0. The number of amides is 2. The topological polar surface area (TPSA) is 64.1 Å². The lowest BCUT2D eigenvalue weighted by atomic mass is 10.2. The lowest BCUT2D eigenvalue weighted by Gasteiger charge is -2.38. The summed E-state index contributed by atoms with van der Waals surface area (Å²) in [7, 11) is 0. The Balaban J connectivity index is 1.46. The second-order valence-corrected chi connectivity index (χ2v) is 7.84. The normalized spacial score (nSPS) is 26.4. The minimum Gasteiger partial charge on any atom is -0.396 e. The van der Waals surface area contributed by atoms with E-state index in [1.807, 2.05) is 21.6 Å². The van der Waals surface area contributed by atoms with Gasteiger partial charge in [-0.25, -0.2) is 0 Å². The molecule has 1 aliphatic carbocycles. The smallest absolute Gasteiger partial charge is 0.236 e. The number of rotatable bonds is 5. The third-order valence-electron chi connectivity index (χ3n) is 5.02. The van der Waals surface area contributed by atoms with Crippen LogP contribution in [0.25, 0.3) is 0 Å². The highest BCUT2D eigenvalue weighted by Crippen LogP contribution is 2.31. The highest BCUT2D eigenvalue weighted by atomic mass is 32.2. The number of carbonyl (C=O) groups excluding carboxylic acids is 2. The highest BCUT2D eigenvalue weighted by Gasteiger charge is 2.35. The van der Waals surface area contributed by atoms with Crippen LogP contribution >= 0.6 is 11.8 Å². The molecule has 3 aliphatic rings. The number of piperazine rings is 1. The molecule has 2 heterocycles. The summed E-state index contributed by atoms with van der Waals surface area (Å²) >= 11 is 1.90. The predicted molar refractivity (Wildman–Crippen MR) is 90.3 cm³/mol. The van der Waals surface area contributed by atoms with Crippen LogP contribution in [0.3, 0.4) is 0 Å². The Morgan fingerprint density at radius 1 is 1.04 bits per heavy atom. The van der Waals surface area contributed by atoms with E-state index in [1.165, 1.54) is 0 Å². The fraction of sp³-hybridized carbons (Fsp3) is 0.875. The van der Waals surface area contributed by atoms with Crippen molar-refractivity contribution in [2.24, 2.45) is 5.92 Å². The standard InChI is InChI=1S/C16H27N3O3S/c20-9-3-14-12-23-10-8-19(14)11-15(21)17-4-6-18(7-5-17)16(22)13-1-2-13/h13-14,20H,1-12H2/t14-/m0/s1. The molecule has 0 aromatic rings. The van der Waals surface area contributed by atoms with Crippen LogP contribution in [0.1, 0.15) is 19.3 Å². The second-order valence-electron chi connectivity index (χ2n) is 6.69. The second kappa shape index (κ2) is 7.85. The first-order valence-electron chi connectivity index (χ1n) is 8.68. The van der Waals surface area contributed by atoms with Crippen LogP contribution in [0.15, 0.2) is 0 Å². The third-order valence-corrected chi connectivity index (χ3v) is 6.11. The first-order valence-corrected chi connectivity index (χ1v) is 9.83. The number of hydrogen-bond donors (Lipinski definition) is 1. The number of aliphatic hydroxyl groups excluding tert-OH is 1. The van der Waals surface area contributed by atoms with Crippen molar-refractivity contribution in [3.8, 4) is 0 Å². The molecule has 0 aromatic carbocycles. The first kappa shape index (κ1) is 17.0. The average Bonchev–Trinajstić information content (AvgIpc) is 3.41. The van der Waals surface area contributed by atoms with Crippen LogP contribution in [0.5, 0.6) is 0 Å². The molecule has 2 saturated heterocycles. The van der Waals surface area contributed by atoms with Crippen LogP contribution < -0.4 is 0 Å². The molecule has 0 aromatic heterocycles. The van der Waals surface area contributed by atoms with E-state index in [4.69, 9.17) is 0 Å². The zero-order valence-corrected chi connectivity index (χ0v) is 14.5. The molecule has 3 rings (SSSR count). The molecule has 130 valence electrons. The van der Waals surface area contributed by atoms with E-state index < -0.39 is 0 Å². The number of carbonyl (C=O) groups is 2. The van der Waals surface area contributed by atoms with Gasteiger partial charge in [0.2, 0.25) is 11.8 Å². The summed E-state index contributed by atoms with van der Waals surface area (Å²) in [6.45, 7) is 4.21. The summed E-state index contributed by atoms with van der Waals surface area (Å²) in [6, 6.07) is 0.306. The van der Waals surface area contributed by atoms with E-state index in [2.05, 4.69) is 4.90 Å². The summed E-state index contributed by atoms with van der Waals surface area (Å²) in [6.07, 6.45) is 2.82. The van der Waals surface area contributed by atoms with Gasteiger partial charge in [-0.2, -0.15) is 11.8 Å². The van der Waals surface area contributed by atoms with E-state index in [0.29, 0.717) is 38.8 Å². The molecular formula is C16H27N3O3S. The minimum absolute atomic E-state index is 0.165. The van der Waals surface area contributed by atoms with Gasteiger partial charge in [-0.1, -0.05) is 0 Å². The SMILES string of the molecule is O=C(CN1CCSC[C@@H]1CCO)N1CCN(C(=O)C2CC2)CC1. The molecule has 1 saturated carbocycles. The lowest BCUT2D eigenvalue weighted by Crippen LogP contribution is -2.54. The maximum Gasteiger partial charge on any atom is 0.236 e. The van der Waals surface area contributed by atoms with Gasteiger partial charge in [0.1, 0.15) is 0 Å². The minimum atomic E-state index is 0.165. The maximum absolute atomic E-state index is 12.6. The van der Waals surface area contributed by atoms with Gasteiger partial charge in [-0.05, 0) is 19.3 Å². The van der Waals surface area contributed by atoms with Crippen molar-refractivity contribution in [2.75, 3.05) is 57.4 Å². The zero-order valence-electron chi connectivity index (χ0n) is 13.7. The zero-order chi connectivity index (χ0) is 16.2. The van der Waals surface area contributed by atoms with Crippen molar-refractivity contribution in [1.82, 2.24) is 14.7 Å². The lowest BCUT2D eigenvalue weighted by molar-refractivity contribution is -0.141. The summed E-state index contributed by atoms with van der Waals surface area (Å²) in [5, 5.41) is 9.18. The van der Waals surface area contributed by atoms with Gasteiger partial charge in [-0.3, -0.25) is 14.5 Å². The van der Waals surface area contributed by atoms with Crippen LogP contribution in [0, 0.1) is 5.92 Å². The number of aliphatic hydroxyl groups is 1. The Bertz CT molecular complexity index is 434. The largest absolute Gasteiger partial charge is 0.396 e. The molecule has 23 heavy (non-hydrogen) atoms. The van der Waals surface area contributed by atoms with E-state index in [9.17, 15) is 14.7 Å². The fourth-order valence-corrected chi connectivity index (χ4v) is 4.53. The Labute approximate surface area is 142 Å². The number of thioether (sulfide) groups is 1. The van der Waals surface area contributed by atoms with Crippen molar-refractivity contribution in [3.63, 3.8) is 0 Å². The molecule has 0 unspecified atom stereocenters. The molecule has 3 fully saturated rings. The van der Waals surface area contributed by atoms with E-state index in [-0.39, 0.29) is 24.3 Å². The third kappa shape index (κ3) is 4.39. The molecule has 6 nitrogen and oxygen atoms in total. The van der Waals surface area contributed by atoms with Crippen molar-refractivity contribution in [1.29, 1.82) is 0 Å². The molecule has 2 amide bonds. The van der Waals surface area contributed by atoms with Gasteiger partial charge in [0.15, 0.2) is 0 Å². The average molecular weight is 341 g/mol. The summed E-state index contributed by atoms with van der Waals surface area (Å²) in [5.74, 6) is 2.77. The van der Waals surface area contributed by atoms with E-state index in [1.54, 1.807) is 0 Å². The van der Waals surface area contributed by atoms with Gasteiger partial charge in [0, 0.05) is 62.8 Å². The van der Waals surface area contributed by atoms with Gasteiger partial charge in [-0.15, -0.1) is 0 Å². The quantitative estimate of drug-likeness (QED) is 0.755. The predicted octanol–water partition coefficient (Wildman–Crippen LogP) is -0.133. The Hall–Kier alpha value is -0.790. The molecule has 0 spiro atoms.